The third-order valence-electron chi connectivity index (χ3n) is 0. The Morgan fingerprint density at radius 1 is 1.09 bits per heavy atom. The average molecular weight is 254 g/mol. The van der Waals surface area contributed by atoms with E-state index in [2.05, 4.69) is 0 Å². The molecule has 8 nitrogen and oxygen atoms in total. The van der Waals surface area contributed by atoms with Crippen molar-refractivity contribution in [3.8, 4) is 0 Å². The quantitative estimate of drug-likeness (QED) is 0.331. The van der Waals surface area contributed by atoms with Crippen LogP contribution in [0.3, 0.4) is 0 Å². The molecule has 0 rings (SSSR count). The third kappa shape index (κ3) is 675. The fraction of sp³-hybridized carbons (Fsp3) is 0. The predicted octanol–water partition coefficient (Wildman–Crippen LogP) is -3.65. The molecular formula is H2CaCrO8S. The average Bonchev–Trinajstić information content (AvgIpc) is 1.12. The molecule has 11 heavy (non-hydrogen) atoms. The molecule has 0 aliphatic carbocycles. The molecule has 0 fully saturated rings. The van der Waals surface area contributed by atoms with E-state index >= 15 is 0 Å². The van der Waals surface area contributed by atoms with Crippen LogP contribution in [0.5, 0.6) is 0 Å². The van der Waals surface area contributed by atoms with Crippen molar-refractivity contribution in [3.05, 3.63) is 0 Å². The molecule has 0 amide bonds. The predicted molar refractivity (Wildman–Crippen MR) is 21.3 cm³/mol. The monoisotopic (exact) mass is 254 g/mol. The van der Waals surface area contributed by atoms with Crippen molar-refractivity contribution in [2.75, 3.05) is 0 Å². The van der Waals surface area contributed by atoms with E-state index in [0.29, 0.717) is 0 Å². The topological polar surface area (TPSA) is 155 Å². The molecule has 0 atom stereocenters. The van der Waals surface area contributed by atoms with Gasteiger partial charge < -0.3 is 0 Å². The van der Waals surface area contributed by atoms with E-state index < -0.39 is 24.0 Å². The van der Waals surface area contributed by atoms with Crippen LogP contribution in [0.1, 0.15) is 0 Å². The van der Waals surface area contributed by atoms with Crippen LogP contribution < -0.4 is 8.32 Å². The summed E-state index contributed by atoms with van der Waals surface area (Å²) in [6.07, 6.45) is 0. The summed E-state index contributed by atoms with van der Waals surface area (Å²) in [5.74, 6) is 0. The Morgan fingerprint density at radius 2 is 1.09 bits per heavy atom. The first-order valence-electron chi connectivity index (χ1n) is 1.37. The van der Waals surface area contributed by atoms with E-state index in [1.807, 2.05) is 0 Å². The Bertz CT molecular complexity index is 210. The number of rotatable bonds is 0. The van der Waals surface area contributed by atoms with Gasteiger partial charge in [-0.05, 0) is 0 Å². The Labute approximate surface area is 94.2 Å². The Kier molecular flexibility index (Phi) is 11.0. The van der Waals surface area contributed by atoms with Crippen molar-refractivity contribution in [2.45, 2.75) is 0 Å². The number of hydrogen-bond donors (Lipinski definition) is 2. The molecule has 0 saturated heterocycles. The summed E-state index contributed by atoms with van der Waals surface area (Å²) < 4.78 is 66.0. The van der Waals surface area contributed by atoms with E-state index in [9.17, 15) is 0 Å². The van der Waals surface area contributed by atoms with Gasteiger partial charge in [-0.3, -0.25) is 9.11 Å². The number of hydrogen-bond acceptors (Lipinski definition) is 6. The molecule has 0 unspecified atom stereocenters. The van der Waals surface area contributed by atoms with E-state index in [4.69, 9.17) is 33.4 Å². The molecule has 0 aliphatic heterocycles. The first-order valence-corrected chi connectivity index (χ1v) is 4.84. The van der Waals surface area contributed by atoms with Crippen LogP contribution in [0.2, 0.25) is 0 Å². The maximum atomic E-state index is 8.74. The van der Waals surface area contributed by atoms with E-state index in [1.165, 1.54) is 0 Å². The first kappa shape index (κ1) is 18.1. The molecule has 0 aromatic heterocycles. The van der Waals surface area contributed by atoms with Crippen LogP contribution >= 0.6 is 0 Å². The molecule has 0 radical (unpaired) electrons. The van der Waals surface area contributed by atoms with Gasteiger partial charge in [-0.2, -0.15) is 8.42 Å². The summed E-state index contributed by atoms with van der Waals surface area (Å²) in [6, 6.07) is 0. The second kappa shape index (κ2) is 6.67. The molecule has 0 aliphatic rings. The fourth-order valence-corrected chi connectivity index (χ4v) is 0. The standard InChI is InChI=1S/Ca.Cr.H2O4S.4O/c;;1-5(2,3)4;;;;/h;;(H2,1,2,3,4);;;;/q+2;;;;;2*-1. The summed E-state index contributed by atoms with van der Waals surface area (Å²) in [5, 5.41) is 0. The van der Waals surface area contributed by atoms with Crippen molar-refractivity contribution in [2.24, 2.45) is 0 Å². The van der Waals surface area contributed by atoms with Gasteiger partial charge in [-0.25, -0.2) is 0 Å². The zero-order valence-corrected chi connectivity index (χ0v) is 9.17. The SMILES string of the molecule is O=S(=O)(O)O.[Ca+2].[O]=[Cr](=[O])([O-])[O-]. The zero-order valence-electron chi connectivity index (χ0n) is 4.87. The van der Waals surface area contributed by atoms with Crippen LogP contribution in [0.15, 0.2) is 0 Å². The molecule has 0 spiro atoms. The van der Waals surface area contributed by atoms with Crippen LogP contribution in [-0.4, -0.2) is 55.3 Å². The Balaban J connectivity index is -0.000000107. The van der Waals surface area contributed by atoms with Crippen LogP contribution in [0.25, 0.3) is 0 Å². The van der Waals surface area contributed by atoms with Crippen molar-refractivity contribution in [1.82, 2.24) is 0 Å². The molecule has 0 heterocycles. The van der Waals surface area contributed by atoms with E-state index in [1.54, 1.807) is 0 Å². The molecule has 0 bridgehead atoms. The van der Waals surface area contributed by atoms with Gasteiger partial charge >= 0.3 is 77.7 Å². The Hall–Kier alpha value is 1.18. The van der Waals surface area contributed by atoms with E-state index in [0.717, 1.165) is 0 Å². The summed E-state index contributed by atoms with van der Waals surface area (Å²) >= 11 is -5.75. The molecule has 2 N–H and O–H groups in total. The van der Waals surface area contributed by atoms with Crippen molar-refractivity contribution >= 4 is 48.1 Å². The van der Waals surface area contributed by atoms with Crippen LogP contribution in [-0.2, 0) is 31.6 Å². The molecule has 11 heteroatoms. The van der Waals surface area contributed by atoms with Gasteiger partial charge in [0.1, 0.15) is 0 Å². The minimum atomic E-state index is -5.75. The normalized spacial score (nSPS) is 10.5. The van der Waals surface area contributed by atoms with Gasteiger partial charge in [0.05, 0.1) is 0 Å². The second-order valence-corrected chi connectivity index (χ2v) is 3.03. The van der Waals surface area contributed by atoms with Gasteiger partial charge in [0.25, 0.3) is 0 Å². The summed E-state index contributed by atoms with van der Waals surface area (Å²) in [5.41, 5.74) is 0. The van der Waals surface area contributed by atoms with Gasteiger partial charge in [-0.15, -0.1) is 0 Å². The minimum absolute atomic E-state index is 0. The third-order valence-corrected chi connectivity index (χ3v) is 0. The molecule has 0 aromatic carbocycles. The summed E-state index contributed by atoms with van der Waals surface area (Å²) in [6.45, 7) is 0. The van der Waals surface area contributed by atoms with Gasteiger partial charge in [0.15, 0.2) is 0 Å². The van der Waals surface area contributed by atoms with Gasteiger partial charge in [0.2, 0.25) is 0 Å². The molecule has 0 aromatic rings. The summed E-state index contributed by atoms with van der Waals surface area (Å²) in [4.78, 5) is 0. The zero-order chi connectivity index (χ0) is 9.00. The van der Waals surface area contributed by atoms with Crippen LogP contribution in [0, 0.1) is 0 Å². The van der Waals surface area contributed by atoms with Gasteiger partial charge in [-0.1, -0.05) is 0 Å². The Morgan fingerprint density at radius 3 is 1.09 bits per heavy atom. The molecule has 0 saturated carbocycles. The first-order chi connectivity index (χ1) is 4.00. The second-order valence-electron chi connectivity index (χ2n) is 0.856. The molecular weight excluding hydrogens is 252 g/mol. The van der Waals surface area contributed by atoms with Crippen molar-refractivity contribution in [3.63, 3.8) is 0 Å². The van der Waals surface area contributed by atoms with Crippen molar-refractivity contribution < 1.29 is 47.1 Å². The summed E-state index contributed by atoms with van der Waals surface area (Å²) in [7, 11) is -4.67. The van der Waals surface area contributed by atoms with Gasteiger partial charge in [0, 0.05) is 0 Å². The van der Waals surface area contributed by atoms with Crippen LogP contribution in [0.4, 0.5) is 0 Å². The fourth-order valence-electron chi connectivity index (χ4n) is 0. The molecule has 64 valence electrons. The maximum absolute atomic E-state index is 8.74. The van der Waals surface area contributed by atoms with Crippen molar-refractivity contribution in [1.29, 1.82) is 0 Å². The van der Waals surface area contributed by atoms with E-state index in [-0.39, 0.29) is 37.7 Å².